The van der Waals surface area contributed by atoms with E-state index in [1.165, 1.54) is 17.0 Å². The highest BCUT2D eigenvalue weighted by Crippen LogP contribution is 2.15. The van der Waals surface area contributed by atoms with Crippen LogP contribution in [-0.2, 0) is 0 Å². The standard InChI is InChI=1S/C17H20FN5O2/c1-12-10-15(20-23(12)14-5-2-4-13(18)11-14)16(24)21-6-3-7-22(9-8-21)17(19)25/h2,4-5,10-11H,3,6-9H2,1H3,(H2,19,25). The molecule has 1 saturated heterocycles. The number of aryl methyl sites for hydroxylation is 1. The molecule has 1 fully saturated rings. The molecule has 0 bridgehead atoms. The Bertz CT molecular complexity index is 804. The fourth-order valence-electron chi connectivity index (χ4n) is 2.95. The van der Waals surface area contributed by atoms with Crippen LogP contribution in [0, 0.1) is 12.7 Å². The molecule has 0 aliphatic carbocycles. The van der Waals surface area contributed by atoms with Crippen molar-refractivity contribution in [3.8, 4) is 5.69 Å². The first-order valence-electron chi connectivity index (χ1n) is 8.12. The second-order valence-corrected chi connectivity index (χ2v) is 6.03. The van der Waals surface area contributed by atoms with Crippen LogP contribution in [0.5, 0.6) is 0 Å². The molecule has 2 N–H and O–H groups in total. The van der Waals surface area contributed by atoms with Gasteiger partial charge in [0.05, 0.1) is 5.69 Å². The summed E-state index contributed by atoms with van der Waals surface area (Å²) in [6.07, 6.45) is 0.665. The van der Waals surface area contributed by atoms with Crippen molar-refractivity contribution in [3.63, 3.8) is 0 Å². The molecule has 0 saturated carbocycles. The van der Waals surface area contributed by atoms with Gasteiger partial charge in [-0.3, -0.25) is 4.79 Å². The van der Waals surface area contributed by atoms with Crippen LogP contribution in [0.3, 0.4) is 0 Å². The molecular weight excluding hydrogens is 325 g/mol. The lowest BCUT2D eigenvalue weighted by atomic mass is 10.3. The predicted octanol–water partition coefficient (Wildman–Crippen LogP) is 1.55. The topological polar surface area (TPSA) is 84.5 Å². The highest BCUT2D eigenvalue weighted by Gasteiger charge is 2.24. The van der Waals surface area contributed by atoms with Gasteiger partial charge in [0.25, 0.3) is 5.91 Å². The van der Waals surface area contributed by atoms with Gasteiger partial charge >= 0.3 is 6.03 Å². The molecule has 0 radical (unpaired) electrons. The van der Waals surface area contributed by atoms with Gasteiger partial charge < -0.3 is 15.5 Å². The molecule has 0 unspecified atom stereocenters. The molecule has 0 spiro atoms. The maximum atomic E-state index is 13.4. The summed E-state index contributed by atoms with van der Waals surface area (Å²) in [5, 5.41) is 4.33. The number of rotatable bonds is 2. The van der Waals surface area contributed by atoms with E-state index in [2.05, 4.69) is 5.10 Å². The zero-order valence-electron chi connectivity index (χ0n) is 14.0. The summed E-state index contributed by atoms with van der Waals surface area (Å²) in [5.74, 6) is -0.566. The van der Waals surface area contributed by atoms with Crippen LogP contribution >= 0.6 is 0 Å². The van der Waals surface area contributed by atoms with Crippen molar-refractivity contribution < 1.29 is 14.0 Å². The summed E-state index contributed by atoms with van der Waals surface area (Å²) < 4.78 is 15.0. The van der Waals surface area contributed by atoms with Crippen LogP contribution in [0.2, 0.25) is 0 Å². The van der Waals surface area contributed by atoms with E-state index in [4.69, 9.17) is 5.73 Å². The third kappa shape index (κ3) is 3.62. The van der Waals surface area contributed by atoms with Gasteiger partial charge in [-0.15, -0.1) is 0 Å². The summed E-state index contributed by atoms with van der Waals surface area (Å²) in [4.78, 5) is 27.2. The van der Waals surface area contributed by atoms with Crippen molar-refractivity contribution in [2.45, 2.75) is 13.3 Å². The van der Waals surface area contributed by atoms with Crippen molar-refractivity contribution >= 4 is 11.9 Å². The Hall–Kier alpha value is -2.90. The van der Waals surface area contributed by atoms with E-state index in [0.29, 0.717) is 44.0 Å². The fraction of sp³-hybridized carbons (Fsp3) is 0.353. The lowest BCUT2D eigenvalue weighted by molar-refractivity contribution is 0.0756. The van der Waals surface area contributed by atoms with E-state index in [9.17, 15) is 14.0 Å². The van der Waals surface area contributed by atoms with Crippen molar-refractivity contribution in [2.75, 3.05) is 26.2 Å². The lowest BCUT2D eigenvalue weighted by Gasteiger charge is -2.20. The van der Waals surface area contributed by atoms with Gasteiger partial charge in [0, 0.05) is 31.9 Å². The number of urea groups is 1. The van der Waals surface area contributed by atoms with Crippen LogP contribution in [0.1, 0.15) is 22.6 Å². The molecule has 0 atom stereocenters. The van der Waals surface area contributed by atoms with Gasteiger partial charge in [-0.2, -0.15) is 5.10 Å². The molecule has 2 aromatic rings. The number of carbonyl (C=O) groups is 2. The average Bonchev–Trinajstić information content (AvgIpc) is 2.80. The van der Waals surface area contributed by atoms with Gasteiger partial charge in [-0.05, 0) is 37.6 Å². The maximum Gasteiger partial charge on any atom is 0.314 e. The Labute approximate surface area is 144 Å². The molecule has 1 aromatic carbocycles. The predicted molar refractivity (Wildman–Crippen MR) is 89.9 cm³/mol. The highest BCUT2D eigenvalue weighted by molar-refractivity contribution is 5.92. The number of hydrogen-bond donors (Lipinski definition) is 1. The molecule has 2 heterocycles. The fourth-order valence-corrected chi connectivity index (χ4v) is 2.95. The minimum Gasteiger partial charge on any atom is -0.351 e. The number of hydrogen-bond acceptors (Lipinski definition) is 3. The van der Waals surface area contributed by atoms with E-state index in [1.54, 1.807) is 27.8 Å². The lowest BCUT2D eigenvalue weighted by Crippen LogP contribution is -2.39. The summed E-state index contributed by atoms with van der Waals surface area (Å²) in [5.41, 5.74) is 6.91. The Morgan fingerprint density at radius 2 is 1.84 bits per heavy atom. The third-order valence-electron chi connectivity index (χ3n) is 4.25. The molecule has 7 nitrogen and oxygen atoms in total. The quantitative estimate of drug-likeness (QED) is 0.896. The Morgan fingerprint density at radius 3 is 2.56 bits per heavy atom. The molecule has 1 aliphatic rings. The second-order valence-electron chi connectivity index (χ2n) is 6.03. The minimum atomic E-state index is -0.472. The van der Waals surface area contributed by atoms with Gasteiger partial charge in [0.15, 0.2) is 5.69 Å². The first-order valence-corrected chi connectivity index (χ1v) is 8.12. The normalized spacial score (nSPS) is 15.1. The number of halogens is 1. The van der Waals surface area contributed by atoms with Gasteiger partial charge in [-0.25, -0.2) is 13.9 Å². The SMILES string of the molecule is Cc1cc(C(=O)N2CCCN(C(N)=O)CC2)nn1-c1cccc(F)c1. The van der Waals surface area contributed by atoms with Gasteiger partial charge in [0.1, 0.15) is 5.82 Å². The van der Waals surface area contributed by atoms with Crippen LogP contribution in [0.4, 0.5) is 9.18 Å². The first kappa shape index (κ1) is 16.9. The Balaban J connectivity index is 1.79. The van der Waals surface area contributed by atoms with E-state index < -0.39 is 6.03 Å². The highest BCUT2D eigenvalue weighted by atomic mass is 19.1. The second kappa shape index (κ2) is 6.92. The van der Waals surface area contributed by atoms with Gasteiger partial charge in [0.2, 0.25) is 0 Å². The Morgan fingerprint density at radius 1 is 1.12 bits per heavy atom. The number of nitrogens with zero attached hydrogens (tertiary/aromatic N) is 4. The third-order valence-corrected chi connectivity index (χ3v) is 4.25. The van der Waals surface area contributed by atoms with Crippen LogP contribution in [-0.4, -0.2) is 57.7 Å². The summed E-state index contributed by atoms with van der Waals surface area (Å²) in [6, 6.07) is 7.26. The Kier molecular flexibility index (Phi) is 4.69. The average molecular weight is 345 g/mol. The molecule has 8 heteroatoms. The zero-order valence-corrected chi connectivity index (χ0v) is 14.0. The molecular formula is C17H20FN5O2. The van der Waals surface area contributed by atoms with Crippen LogP contribution < -0.4 is 5.73 Å². The largest absolute Gasteiger partial charge is 0.351 e. The maximum absolute atomic E-state index is 13.4. The monoisotopic (exact) mass is 345 g/mol. The molecule has 25 heavy (non-hydrogen) atoms. The van der Waals surface area contributed by atoms with Crippen molar-refractivity contribution in [3.05, 3.63) is 47.5 Å². The summed E-state index contributed by atoms with van der Waals surface area (Å²) >= 11 is 0. The van der Waals surface area contributed by atoms with Gasteiger partial charge in [-0.1, -0.05) is 6.07 Å². The molecule has 1 aromatic heterocycles. The number of primary amides is 1. The van der Waals surface area contributed by atoms with Crippen molar-refractivity contribution in [1.29, 1.82) is 0 Å². The molecule has 1 aliphatic heterocycles. The van der Waals surface area contributed by atoms with Crippen LogP contribution in [0.15, 0.2) is 30.3 Å². The molecule has 132 valence electrons. The number of aromatic nitrogens is 2. The zero-order chi connectivity index (χ0) is 18.0. The summed E-state index contributed by atoms with van der Waals surface area (Å²) in [6.45, 7) is 3.70. The van der Waals surface area contributed by atoms with Crippen molar-refractivity contribution in [1.82, 2.24) is 19.6 Å². The number of benzene rings is 1. The molecule has 3 rings (SSSR count). The van der Waals surface area contributed by atoms with E-state index >= 15 is 0 Å². The smallest absolute Gasteiger partial charge is 0.314 e. The number of amides is 3. The summed E-state index contributed by atoms with van der Waals surface area (Å²) in [7, 11) is 0. The van der Waals surface area contributed by atoms with E-state index in [0.717, 1.165) is 5.69 Å². The number of carbonyl (C=O) groups excluding carboxylic acids is 2. The molecule has 3 amide bonds. The first-order chi connectivity index (χ1) is 12.0. The van der Waals surface area contributed by atoms with E-state index in [1.807, 2.05) is 6.92 Å². The van der Waals surface area contributed by atoms with Crippen LogP contribution in [0.25, 0.3) is 5.69 Å². The minimum absolute atomic E-state index is 0.204. The van der Waals surface area contributed by atoms with E-state index in [-0.39, 0.29) is 11.7 Å². The van der Waals surface area contributed by atoms with Crippen molar-refractivity contribution in [2.24, 2.45) is 5.73 Å². The number of nitrogens with two attached hydrogens (primary N) is 1.